The van der Waals surface area contributed by atoms with Gasteiger partial charge >= 0.3 is 0 Å². The summed E-state index contributed by atoms with van der Waals surface area (Å²) in [7, 11) is 0. The number of guanidine groups is 1. The van der Waals surface area contributed by atoms with Crippen LogP contribution in [0.15, 0.2) is 35.3 Å². The van der Waals surface area contributed by atoms with Crippen LogP contribution in [0.1, 0.15) is 57.5 Å². The fraction of sp³-hybridized carbons (Fsp3) is 0.500. The van der Waals surface area contributed by atoms with Crippen LogP contribution in [-0.4, -0.2) is 38.2 Å². The van der Waals surface area contributed by atoms with E-state index in [9.17, 15) is 0 Å². The van der Waals surface area contributed by atoms with Crippen LogP contribution in [0.2, 0.25) is 0 Å². The normalized spacial score (nSPS) is 18.2. The fourth-order valence-electron chi connectivity index (χ4n) is 4.50. The van der Waals surface area contributed by atoms with E-state index in [4.69, 9.17) is 17.2 Å². The minimum absolute atomic E-state index is 0.0165. The zero-order chi connectivity index (χ0) is 23.5. The highest BCUT2D eigenvalue weighted by Crippen LogP contribution is 2.30. The largest absolute Gasteiger partial charge is 0.332 e. The number of thiocarbonyl (C=S) groups is 1. The number of aliphatic imine (C=N–C) groups is 1. The Morgan fingerprint density at radius 3 is 2.19 bits per heavy atom. The average Bonchev–Trinajstić information content (AvgIpc) is 2.60. The summed E-state index contributed by atoms with van der Waals surface area (Å²) in [5.74, 6) is 1.04. The van der Waals surface area contributed by atoms with E-state index in [1.54, 1.807) is 0 Å². The maximum atomic E-state index is 5.60. The number of hydrogen-bond donors (Lipinski definition) is 4. The molecule has 32 heavy (non-hydrogen) atoms. The third-order valence-electron chi connectivity index (χ3n) is 5.32. The Morgan fingerprint density at radius 1 is 1.00 bits per heavy atom. The second-order valence-corrected chi connectivity index (χ2v) is 10.3. The average molecular weight is 454 g/mol. The molecule has 1 fully saturated rings. The Balaban J connectivity index is 1.85. The van der Waals surface area contributed by atoms with Crippen LogP contribution in [0.4, 0.5) is 11.6 Å². The molecule has 0 saturated carbocycles. The summed E-state index contributed by atoms with van der Waals surface area (Å²) in [5, 5.41) is 13.9. The predicted octanol–water partition coefficient (Wildman–Crippen LogP) is 4.47. The number of nitrogens with one attached hydrogen (secondary N) is 4. The topological polar surface area (TPSA) is 86.3 Å². The Labute approximate surface area is 196 Å². The van der Waals surface area contributed by atoms with Gasteiger partial charge in [-0.15, -0.1) is 0 Å². The van der Waals surface area contributed by atoms with Crippen molar-refractivity contribution in [1.82, 2.24) is 20.6 Å². The maximum Gasteiger partial charge on any atom is 0.229 e. The number of hydrogen-bond acceptors (Lipinski definition) is 5. The molecule has 0 bridgehead atoms. The lowest BCUT2D eigenvalue weighted by atomic mass is 9.80. The molecular weight excluding hydrogens is 418 g/mol. The Hall–Kier alpha value is -2.58. The number of rotatable bonds is 3. The first-order chi connectivity index (χ1) is 14.9. The molecule has 0 atom stereocenters. The molecule has 4 N–H and O–H groups in total. The van der Waals surface area contributed by atoms with Gasteiger partial charge in [-0.05, 0) is 91.2 Å². The van der Waals surface area contributed by atoms with Gasteiger partial charge in [0.15, 0.2) is 5.11 Å². The van der Waals surface area contributed by atoms with Crippen molar-refractivity contribution >= 4 is 34.9 Å². The summed E-state index contributed by atoms with van der Waals surface area (Å²) in [4.78, 5) is 14.1. The van der Waals surface area contributed by atoms with Gasteiger partial charge in [-0.3, -0.25) is 5.32 Å². The molecule has 2 heterocycles. The number of aryl methyl sites for hydroxylation is 3. The zero-order valence-corrected chi connectivity index (χ0v) is 20.9. The van der Waals surface area contributed by atoms with E-state index >= 15 is 0 Å². The second-order valence-electron chi connectivity index (χ2n) is 9.93. The third kappa shape index (κ3) is 6.97. The minimum Gasteiger partial charge on any atom is -0.332 e. The molecular formula is C24H35N7S. The van der Waals surface area contributed by atoms with Crippen LogP contribution in [-0.2, 0) is 0 Å². The van der Waals surface area contributed by atoms with Crippen LogP contribution in [0, 0.1) is 20.8 Å². The van der Waals surface area contributed by atoms with Crippen molar-refractivity contribution in [3.05, 3.63) is 47.3 Å². The smallest absolute Gasteiger partial charge is 0.229 e. The van der Waals surface area contributed by atoms with Crippen LogP contribution in [0.25, 0.3) is 0 Å². The van der Waals surface area contributed by atoms with Crippen LogP contribution < -0.4 is 21.3 Å². The lowest BCUT2D eigenvalue weighted by Crippen LogP contribution is -2.59. The first-order valence-corrected chi connectivity index (χ1v) is 11.4. The first-order valence-electron chi connectivity index (χ1n) is 11.0. The molecule has 0 amide bonds. The Bertz CT molecular complexity index is 977. The van der Waals surface area contributed by atoms with Crippen LogP contribution in [0.3, 0.4) is 0 Å². The number of para-hydroxylation sites is 1. The Morgan fingerprint density at radius 2 is 1.59 bits per heavy atom. The summed E-state index contributed by atoms with van der Waals surface area (Å²) in [6.07, 6.45) is 1.82. The highest BCUT2D eigenvalue weighted by Gasteiger charge is 2.37. The summed E-state index contributed by atoms with van der Waals surface area (Å²) in [5.41, 5.74) is 3.82. The zero-order valence-electron chi connectivity index (χ0n) is 20.1. The van der Waals surface area contributed by atoms with Gasteiger partial charge in [-0.2, -0.15) is 0 Å². The number of nitrogens with zero attached hydrogens (tertiary/aromatic N) is 3. The molecule has 1 saturated heterocycles. The minimum atomic E-state index is -0.0165. The van der Waals surface area contributed by atoms with E-state index in [0.717, 1.165) is 35.5 Å². The van der Waals surface area contributed by atoms with Crippen molar-refractivity contribution in [1.29, 1.82) is 0 Å². The second kappa shape index (κ2) is 9.50. The van der Waals surface area contributed by atoms with Crippen molar-refractivity contribution in [3.63, 3.8) is 0 Å². The van der Waals surface area contributed by atoms with Crippen molar-refractivity contribution < 1.29 is 0 Å². The SMILES string of the molecule is Cc1cc(C)nc(NC(=NC2CC(C)(C)NC(C)(C)C2)NC(=S)Nc2ccccc2C)n1. The summed E-state index contributed by atoms with van der Waals surface area (Å²) >= 11 is 5.60. The number of aromatic nitrogens is 2. The van der Waals surface area contributed by atoms with Crippen LogP contribution in [0.5, 0.6) is 0 Å². The summed E-state index contributed by atoms with van der Waals surface area (Å²) in [6, 6.07) is 10.1. The van der Waals surface area contributed by atoms with Gasteiger partial charge in [-0.1, -0.05) is 18.2 Å². The highest BCUT2D eigenvalue weighted by atomic mass is 32.1. The highest BCUT2D eigenvalue weighted by molar-refractivity contribution is 7.80. The molecule has 0 radical (unpaired) electrons. The molecule has 0 unspecified atom stereocenters. The molecule has 1 aliphatic heterocycles. The van der Waals surface area contributed by atoms with E-state index in [1.165, 1.54) is 0 Å². The fourth-order valence-corrected chi connectivity index (χ4v) is 4.71. The van der Waals surface area contributed by atoms with E-state index in [-0.39, 0.29) is 17.1 Å². The molecule has 2 aromatic rings. The van der Waals surface area contributed by atoms with Crippen molar-refractivity contribution in [2.24, 2.45) is 4.99 Å². The standard InChI is InChI=1S/C24H35N7S/c1-15-10-8-9-11-19(15)28-22(32)30-21(29-20-25-16(2)12-17(3)26-20)27-18-13-23(4,5)31-24(6,7)14-18/h8-12,18,31H,13-14H2,1-7H3,(H3,25,26,27,28,29,30,32). The monoisotopic (exact) mass is 453 g/mol. The third-order valence-corrected chi connectivity index (χ3v) is 5.52. The molecule has 0 aliphatic carbocycles. The van der Waals surface area contributed by atoms with Gasteiger partial charge in [0.25, 0.3) is 0 Å². The van der Waals surface area contributed by atoms with E-state index in [2.05, 4.69) is 58.9 Å². The van der Waals surface area contributed by atoms with Gasteiger partial charge in [0.2, 0.25) is 11.9 Å². The molecule has 1 aromatic heterocycles. The first kappa shape index (κ1) is 24.1. The molecule has 172 valence electrons. The molecule has 1 aliphatic rings. The number of piperidine rings is 1. The summed E-state index contributed by atoms with van der Waals surface area (Å²) in [6.45, 7) is 14.8. The maximum absolute atomic E-state index is 5.60. The van der Waals surface area contributed by atoms with Crippen molar-refractivity contribution in [3.8, 4) is 0 Å². The van der Waals surface area contributed by atoms with E-state index in [1.807, 2.05) is 51.1 Å². The van der Waals surface area contributed by atoms with E-state index < -0.39 is 0 Å². The van der Waals surface area contributed by atoms with Gasteiger partial charge < -0.3 is 16.0 Å². The molecule has 7 nitrogen and oxygen atoms in total. The number of benzene rings is 1. The van der Waals surface area contributed by atoms with Crippen molar-refractivity contribution in [2.45, 2.75) is 78.4 Å². The number of anilines is 2. The van der Waals surface area contributed by atoms with E-state index in [0.29, 0.717) is 17.0 Å². The summed E-state index contributed by atoms with van der Waals surface area (Å²) < 4.78 is 0. The quantitative estimate of drug-likeness (QED) is 0.310. The van der Waals surface area contributed by atoms with Gasteiger partial charge in [0, 0.05) is 28.2 Å². The lowest BCUT2D eigenvalue weighted by Gasteiger charge is -2.45. The molecule has 3 rings (SSSR count). The van der Waals surface area contributed by atoms with Gasteiger partial charge in [0.05, 0.1) is 6.04 Å². The lowest BCUT2D eigenvalue weighted by molar-refractivity contribution is 0.164. The molecule has 8 heteroatoms. The molecule has 1 aromatic carbocycles. The van der Waals surface area contributed by atoms with Crippen molar-refractivity contribution in [2.75, 3.05) is 10.6 Å². The van der Waals surface area contributed by atoms with Crippen LogP contribution >= 0.6 is 12.2 Å². The molecule has 0 spiro atoms. The van der Waals surface area contributed by atoms with Gasteiger partial charge in [0.1, 0.15) is 0 Å². The Kier molecular flexibility index (Phi) is 7.15. The van der Waals surface area contributed by atoms with Gasteiger partial charge in [-0.25, -0.2) is 15.0 Å². The predicted molar refractivity (Wildman–Crippen MR) is 137 cm³/mol.